The molecule has 0 saturated carbocycles. The first-order valence-corrected chi connectivity index (χ1v) is 12.6. The first-order valence-electron chi connectivity index (χ1n) is 9.73. The number of thioether (sulfide) groups is 2. The molecule has 0 aliphatic carbocycles. The summed E-state index contributed by atoms with van der Waals surface area (Å²) >= 11 is 8.54. The van der Waals surface area contributed by atoms with Crippen molar-refractivity contribution in [1.29, 1.82) is 0 Å². The first-order chi connectivity index (χ1) is 16.1. The highest BCUT2D eigenvalue weighted by Crippen LogP contribution is 2.46. The predicted octanol–water partition coefficient (Wildman–Crippen LogP) is 1.30. The van der Waals surface area contributed by atoms with Crippen LogP contribution in [-0.4, -0.2) is 55.4 Å². The van der Waals surface area contributed by atoms with Crippen molar-refractivity contribution in [2.24, 2.45) is 0 Å². The number of aliphatic carboxylic acids is 2. The lowest BCUT2D eigenvalue weighted by Crippen LogP contribution is -2.36. The third kappa shape index (κ3) is 4.43. The highest BCUT2D eigenvalue weighted by atomic mass is 32.2. The molecule has 1 saturated heterocycles. The number of nitrogens with zero attached hydrogens (tertiary/aromatic N) is 3. The summed E-state index contributed by atoms with van der Waals surface area (Å²) in [5, 5.41) is 19.3. The third-order valence-corrected chi connectivity index (χ3v) is 9.01. The molecule has 0 unspecified atom stereocenters. The van der Waals surface area contributed by atoms with Crippen molar-refractivity contribution < 1.29 is 24.6 Å². The van der Waals surface area contributed by atoms with E-state index in [1.54, 1.807) is 17.8 Å². The summed E-state index contributed by atoms with van der Waals surface area (Å²) in [5.41, 5.74) is 1.30. The summed E-state index contributed by atoms with van der Waals surface area (Å²) in [6, 6.07) is 7.89. The van der Waals surface area contributed by atoms with Crippen LogP contribution < -0.4 is 19.7 Å². The van der Waals surface area contributed by atoms with Gasteiger partial charge in [-0.1, -0.05) is 47.9 Å². The maximum Gasteiger partial charge on any atom is 0.323 e. The average molecular weight is 536 g/mol. The molecule has 1 aromatic heterocycles. The highest BCUT2D eigenvalue weighted by Gasteiger charge is 2.35. The van der Waals surface area contributed by atoms with Gasteiger partial charge in [0.15, 0.2) is 0 Å². The molecule has 4 rings (SSSR count). The second kappa shape index (κ2) is 9.41. The molecule has 2 aliphatic rings. The van der Waals surface area contributed by atoms with Gasteiger partial charge in [-0.05, 0) is 30.7 Å². The van der Waals surface area contributed by atoms with Crippen LogP contribution in [0.2, 0.25) is 0 Å². The summed E-state index contributed by atoms with van der Waals surface area (Å²) in [7, 11) is 1.93. The number of carbonyl (C=O) groups is 3. The molecule has 34 heavy (non-hydrogen) atoms. The molecule has 13 heteroatoms. The number of amides is 1. The second-order valence-electron chi connectivity index (χ2n) is 7.30. The standard InChI is InChI=1S/C21H17N3O6S4/c1-10(19-22(2)11-5-3-4-6-12(11)32-19)7-13-17(29)23(8-14(25)26)20(33-13)16-18(30)24(9-15(27)28)21(31)34-16/h3-7H,8-9H2,1-2H3,(H,25,26)(H,27,28)/b13-7?,19-10+,20-16+. The van der Waals surface area contributed by atoms with Gasteiger partial charge in [-0.3, -0.25) is 28.6 Å². The van der Waals surface area contributed by atoms with Crippen LogP contribution in [0.25, 0.3) is 11.0 Å². The second-order valence-corrected chi connectivity index (χ2v) is 11.0. The summed E-state index contributed by atoms with van der Waals surface area (Å²) in [6.07, 6.45) is 1.68. The lowest BCUT2D eigenvalue weighted by molar-refractivity contribution is -0.140. The van der Waals surface area contributed by atoms with Crippen molar-refractivity contribution in [3.8, 4) is 0 Å². The SMILES string of the molecule is C/C(C=c1s/c(=C2/SC(=S)N(CC(=O)O)C2=O)n(CC(=O)O)c1=O)=C1\Sc2ccccc2N1C. The van der Waals surface area contributed by atoms with Gasteiger partial charge in [-0.15, -0.1) is 11.3 Å². The Morgan fingerprint density at radius 2 is 1.76 bits per heavy atom. The Hall–Kier alpha value is -2.87. The smallest absolute Gasteiger partial charge is 0.323 e. The molecule has 2 aliphatic heterocycles. The van der Waals surface area contributed by atoms with Crippen LogP contribution in [-0.2, 0) is 20.9 Å². The van der Waals surface area contributed by atoms with Gasteiger partial charge < -0.3 is 15.1 Å². The van der Waals surface area contributed by atoms with E-state index in [4.69, 9.17) is 17.3 Å². The highest BCUT2D eigenvalue weighted by molar-refractivity contribution is 8.30. The molecule has 0 bridgehead atoms. The van der Waals surface area contributed by atoms with Gasteiger partial charge in [-0.25, -0.2) is 0 Å². The summed E-state index contributed by atoms with van der Waals surface area (Å²) in [4.78, 5) is 52.6. The number of allylic oxidation sites excluding steroid dienone is 1. The molecule has 1 amide bonds. The zero-order chi connectivity index (χ0) is 24.7. The fourth-order valence-corrected chi connectivity index (χ4v) is 7.14. The van der Waals surface area contributed by atoms with E-state index >= 15 is 0 Å². The number of carboxylic acids is 2. The van der Waals surface area contributed by atoms with Crippen LogP contribution in [0.1, 0.15) is 6.92 Å². The Morgan fingerprint density at radius 3 is 2.41 bits per heavy atom. The Morgan fingerprint density at radius 1 is 1.09 bits per heavy atom. The minimum atomic E-state index is -1.25. The first kappa shape index (κ1) is 24.3. The van der Waals surface area contributed by atoms with E-state index < -0.39 is 36.5 Å². The summed E-state index contributed by atoms with van der Waals surface area (Å²) in [6.45, 7) is 0.603. The van der Waals surface area contributed by atoms with Crippen LogP contribution in [0, 0.1) is 0 Å². The van der Waals surface area contributed by atoms with E-state index in [0.717, 1.165) is 53.8 Å². The van der Waals surface area contributed by atoms with Crippen molar-refractivity contribution >= 4 is 85.9 Å². The van der Waals surface area contributed by atoms with Gasteiger partial charge >= 0.3 is 11.9 Å². The van der Waals surface area contributed by atoms with Gasteiger partial charge in [0.1, 0.15) is 27.0 Å². The Kier molecular flexibility index (Phi) is 6.71. The number of rotatable bonds is 5. The number of carbonyl (C=O) groups excluding carboxylic acids is 1. The summed E-state index contributed by atoms with van der Waals surface area (Å²) < 4.78 is 1.45. The number of para-hydroxylation sites is 1. The molecular formula is C21H17N3O6S4. The average Bonchev–Trinajstić information content (AvgIpc) is 3.36. The molecular weight excluding hydrogens is 519 g/mol. The van der Waals surface area contributed by atoms with Crippen molar-refractivity contribution in [1.82, 2.24) is 9.47 Å². The molecule has 0 spiro atoms. The number of carboxylic acid groups (broad SMARTS) is 2. The number of anilines is 1. The van der Waals surface area contributed by atoms with E-state index in [2.05, 4.69) is 0 Å². The Bertz CT molecular complexity index is 1470. The number of aromatic nitrogens is 1. The zero-order valence-electron chi connectivity index (χ0n) is 17.8. The molecule has 0 atom stereocenters. The Balaban J connectivity index is 1.87. The molecule has 3 heterocycles. The number of hydrogen-bond donors (Lipinski definition) is 2. The van der Waals surface area contributed by atoms with Crippen molar-refractivity contribution in [2.45, 2.75) is 18.4 Å². The predicted molar refractivity (Wildman–Crippen MR) is 136 cm³/mol. The van der Waals surface area contributed by atoms with Crippen LogP contribution >= 0.6 is 47.1 Å². The zero-order valence-corrected chi connectivity index (χ0v) is 21.1. The van der Waals surface area contributed by atoms with Crippen molar-refractivity contribution in [3.05, 3.63) is 54.4 Å². The van der Waals surface area contributed by atoms with E-state index in [1.807, 2.05) is 43.1 Å². The van der Waals surface area contributed by atoms with E-state index in [1.165, 1.54) is 0 Å². The fourth-order valence-electron chi connectivity index (χ4n) is 3.47. The minimum absolute atomic E-state index is 0.0377. The van der Waals surface area contributed by atoms with Crippen LogP contribution in [0.4, 0.5) is 5.69 Å². The number of hydrogen-bond acceptors (Lipinski definition) is 9. The van der Waals surface area contributed by atoms with Gasteiger partial charge in [-0.2, -0.15) is 0 Å². The largest absolute Gasteiger partial charge is 0.480 e. The van der Waals surface area contributed by atoms with E-state index in [0.29, 0.717) is 0 Å². The normalized spacial score (nSPS) is 19.2. The maximum absolute atomic E-state index is 13.1. The number of fused-ring (bicyclic) bond motifs is 1. The molecule has 0 radical (unpaired) electrons. The molecule has 1 aromatic carbocycles. The van der Waals surface area contributed by atoms with Crippen LogP contribution in [0.3, 0.4) is 0 Å². The van der Waals surface area contributed by atoms with Crippen molar-refractivity contribution in [3.63, 3.8) is 0 Å². The molecule has 2 N–H and O–H groups in total. The van der Waals surface area contributed by atoms with Gasteiger partial charge in [0, 0.05) is 11.9 Å². The lowest BCUT2D eigenvalue weighted by atomic mass is 10.2. The fraction of sp³-hybridized carbons (Fsp3) is 0.190. The lowest BCUT2D eigenvalue weighted by Gasteiger charge is -2.14. The molecule has 176 valence electrons. The van der Waals surface area contributed by atoms with E-state index in [9.17, 15) is 24.3 Å². The Labute approximate surface area is 210 Å². The maximum atomic E-state index is 13.1. The number of benzene rings is 1. The monoisotopic (exact) mass is 535 g/mol. The number of thiocarbonyl (C=S) groups is 1. The van der Waals surface area contributed by atoms with Gasteiger partial charge in [0.2, 0.25) is 0 Å². The van der Waals surface area contributed by atoms with Crippen LogP contribution in [0.15, 0.2) is 44.6 Å². The van der Waals surface area contributed by atoms with Gasteiger partial charge in [0.05, 0.1) is 15.2 Å². The van der Waals surface area contributed by atoms with Crippen molar-refractivity contribution in [2.75, 3.05) is 18.5 Å². The molecule has 9 nitrogen and oxygen atoms in total. The molecule has 1 fully saturated rings. The quantitative estimate of drug-likeness (QED) is 0.542. The third-order valence-electron chi connectivity index (χ3n) is 4.96. The van der Waals surface area contributed by atoms with Gasteiger partial charge in [0.25, 0.3) is 11.5 Å². The summed E-state index contributed by atoms with van der Waals surface area (Å²) in [5.74, 6) is -3.15. The number of thiazole rings is 1. The van der Waals surface area contributed by atoms with E-state index in [-0.39, 0.29) is 18.4 Å². The molecule has 2 aromatic rings. The minimum Gasteiger partial charge on any atom is -0.480 e. The van der Waals surface area contributed by atoms with Crippen LogP contribution in [0.5, 0.6) is 0 Å². The topological polar surface area (TPSA) is 120 Å².